The van der Waals surface area contributed by atoms with E-state index in [2.05, 4.69) is 66.1 Å². The second-order valence-electron chi connectivity index (χ2n) is 10.5. The van der Waals surface area contributed by atoms with Crippen LogP contribution in [0.4, 0.5) is 5.69 Å². The molecule has 6 nitrogen and oxygen atoms in total. The van der Waals surface area contributed by atoms with Gasteiger partial charge in [0.05, 0.1) is 4.90 Å². The summed E-state index contributed by atoms with van der Waals surface area (Å²) in [6, 6.07) is 12.2. The number of nitrogens with one attached hydrogen (secondary N) is 1. The standard InChI is InChI=1S/C28H38N2O4S/c1-9-17-30(18-10-2)35(32,33)23-14-12-22(13-15-23)29-26(31)20-34-25-16-11-21(27(3,4)5)19-24(25)28(6,7)8/h9-16,19H,1-2,17-18,20H2,3-8H3,(H,29,31). The summed E-state index contributed by atoms with van der Waals surface area (Å²) in [6.45, 7) is 20.2. The first-order valence-corrected chi connectivity index (χ1v) is 13.0. The highest BCUT2D eigenvalue weighted by Gasteiger charge is 2.24. The molecule has 2 rings (SSSR count). The minimum atomic E-state index is -3.70. The van der Waals surface area contributed by atoms with Gasteiger partial charge in [0.1, 0.15) is 5.75 Å². The number of nitrogens with zero attached hydrogens (tertiary/aromatic N) is 1. The molecule has 0 aliphatic carbocycles. The summed E-state index contributed by atoms with van der Waals surface area (Å²) in [4.78, 5) is 12.7. The first kappa shape index (κ1) is 28.3. The Labute approximate surface area is 210 Å². The highest BCUT2D eigenvalue weighted by molar-refractivity contribution is 7.89. The fourth-order valence-corrected chi connectivity index (χ4v) is 4.85. The van der Waals surface area contributed by atoms with E-state index in [0.29, 0.717) is 11.4 Å². The number of sulfonamides is 1. The van der Waals surface area contributed by atoms with E-state index in [1.807, 2.05) is 12.1 Å². The Morgan fingerprint density at radius 3 is 2.00 bits per heavy atom. The number of hydrogen-bond acceptors (Lipinski definition) is 4. The molecule has 1 N–H and O–H groups in total. The van der Waals surface area contributed by atoms with Gasteiger partial charge in [-0.2, -0.15) is 4.31 Å². The molecule has 190 valence electrons. The number of ether oxygens (including phenoxy) is 1. The van der Waals surface area contributed by atoms with Gasteiger partial charge in [-0.25, -0.2) is 8.42 Å². The summed E-state index contributed by atoms with van der Waals surface area (Å²) in [7, 11) is -3.70. The maximum absolute atomic E-state index is 12.8. The molecular formula is C28H38N2O4S. The van der Waals surface area contributed by atoms with E-state index in [0.717, 1.165) is 5.56 Å². The van der Waals surface area contributed by atoms with Crippen LogP contribution in [0, 0.1) is 0 Å². The van der Waals surface area contributed by atoms with Crippen molar-refractivity contribution in [1.29, 1.82) is 0 Å². The quantitative estimate of drug-likeness (QED) is 0.429. The second-order valence-corrected chi connectivity index (χ2v) is 12.4. The lowest BCUT2D eigenvalue weighted by Gasteiger charge is -2.27. The van der Waals surface area contributed by atoms with Crippen LogP contribution in [-0.4, -0.2) is 38.3 Å². The molecule has 0 saturated carbocycles. The van der Waals surface area contributed by atoms with Crippen LogP contribution in [0.1, 0.15) is 52.7 Å². The fourth-order valence-electron chi connectivity index (χ4n) is 3.47. The molecule has 2 aromatic rings. The Morgan fingerprint density at radius 2 is 1.51 bits per heavy atom. The number of benzene rings is 2. The van der Waals surface area contributed by atoms with Crippen LogP contribution in [0.25, 0.3) is 0 Å². The number of anilines is 1. The van der Waals surface area contributed by atoms with Crippen molar-refractivity contribution in [1.82, 2.24) is 4.31 Å². The lowest BCUT2D eigenvalue weighted by molar-refractivity contribution is -0.118. The van der Waals surface area contributed by atoms with E-state index in [1.165, 1.54) is 34.2 Å². The van der Waals surface area contributed by atoms with Crippen molar-refractivity contribution in [3.63, 3.8) is 0 Å². The summed E-state index contributed by atoms with van der Waals surface area (Å²) >= 11 is 0. The van der Waals surface area contributed by atoms with Crippen molar-refractivity contribution in [2.45, 2.75) is 57.3 Å². The van der Waals surface area contributed by atoms with Gasteiger partial charge in [0, 0.05) is 18.8 Å². The maximum Gasteiger partial charge on any atom is 0.262 e. The summed E-state index contributed by atoms with van der Waals surface area (Å²) in [5.74, 6) is 0.340. The minimum Gasteiger partial charge on any atom is -0.483 e. The number of rotatable bonds is 10. The largest absolute Gasteiger partial charge is 0.483 e. The summed E-state index contributed by atoms with van der Waals surface area (Å²) in [6.07, 6.45) is 3.05. The Morgan fingerprint density at radius 1 is 0.943 bits per heavy atom. The van der Waals surface area contributed by atoms with Gasteiger partial charge in [0.25, 0.3) is 5.91 Å². The van der Waals surface area contributed by atoms with Crippen LogP contribution in [0.15, 0.2) is 72.7 Å². The van der Waals surface area contributed by atoms with Crippen LogP contribution < -0.4 is 10.1 Å². The highest BCUT2D eigenvalue weighted by Crippen LogP contribution is 2.35. The highest BCUT2D eigenvalue weighted by atomic mass is 32.2. The molecule has 0 radical (unpaired) electrons. The van der Waals surface area contributed by atoms with Crippen molar-refractivity contribution in [3.05, 3.63) is 78.9 Å². The SMILES string of the molecule is C=CCN(CC=C)S(=O)(=O)c1ccc(NC(=O)COc2ccc(C(C)(C)C)cc2C(C)(C)C)cc1. The number of carbonyl (C=O) groups excluding carboxylic acids is 1. The maximum atomic E-state index is 12.8. The normalized spacial score (nSPS) is 12.3. The molecule has 7 heteroatoms. The third-order valence-electron chi connectivity index (χ3n) is 5.45. The van der Waals surface area contributed by atoms with Gasteiger partial charge in [-0.1, -0.05) is 65.8 Å². The van der Waals surface area contributed by atoms with E-state index < -0.39 is 10.0 Å². The zero-order chi connectivity index (χ0) is 26.4. The first-order valence-electron chi connectivity index (χ1n) is 11.6. The molecular weight excluding hydrogens is 460 g/mol. The Kier molecular flexibility index (Phi) is 9.09. The van der Waals surface area contributed by atoms with E-state index >= 15 is 0 Å². The molecule has 0 aromatic heterocycles. The Balaban J connectivity index is 2.11. The third-order valence-corrected chi connectivity index (χ3v) is 7.30. The van der Waals surface area contributed by atoms with Crippen molar-refractivity contribution in [2.24, 2.45) is 0 Å². The summed E-state index contributed by atoms with van der Waals surface area (Å²) in [5, 5.41) is 2.76. The Bertz CT molecular complexity index is 1140. The summed E-state index contributed by atoms with van der Waals surface area (Å²) < 4.78 is 32.8. The molecule has 35 heavy (non-hydrogen) atoms. The van der Waals surface area contributed by atoms with Gasteiger partial charge in [-0.05, 0) is 52.3 Å². The van der Waals surface area contributed by atoms with E-state index in [4.69, 9.17) is 4.74 Å². The molecule has 2 aromatic carbocycles. The van der Waals surface area contributed by atoms with Crippen molar-refractivity contribution < 1.29 is 17.9 Å². The first-order chi connectivity index (χ1) is 16.2. The van der Waals surface area contributed by atoms with Gasteiger partial charge in [-0.3, -0.25) is 4.79 Å². The fraction of sp³-hybridized carbons (Fsp3) is 0.393. The van der Waals surface area contributed by atoms with Crippen LogP contribution >= 0.6 is 0 Å². The van der Waals surface area contributed by atoms with Gasteiger partial charge in [0.2, 0.25) is 10.0 Å². The molecule has 0 saturated heterocycles. The predicted molar refractivity (Wildman–Crippen MR) is 144 cm³/mol. The molecule has 0 fully saturated rings. The minimum absolute atomic E-state index is 0.00392. The van der Waals surface area contributed by atoms with Crippen molar-refractivity contribution in [3.8, 4) is 5.75 Å². The number of hydrogen-bond donors (Lipinski definition) is 1. The van der Waals surface area contributed by atoms with Crippen LogP contribution in [-0.2, 0) is 25.6 Å². The Hall–Kier alpha value is -2.90. The van der Waals surface area contributed by atoms with E-state index in [1.54, 1.807) is 12.1 Å². The molecule has 0 heterocycles. The van der Waals surface area contributed by atoms with Crippen molar-refractivity contribution in [2.75, 3.05) is 25.0 Å². The zero-order valence-corrected chi connectivity index (χ0v) is 22.5. The number of carbonyl (C=O) groups is 1. The monoisotopic (exact) mass is 498 g/mol. The summed E-state index contributed by atoms with van der Waals surface area (Å²) in [5.41, 5.74) is 2.57. The predicted octanol–water partition coefficient (Wildman–Crippen LogP) is 5.66. The number of amides is 1. The second kappa shape index (κ2) is 11.2. The third kappa shape index (κ3) is 7.54. The van der Waals surface area contributed by atoms with Crippen LogP contribution in [0.3, 0.4) is 0 Å². The van der Waals surface area contributed by atoms with Crippen molar-refractivity contribution >= 4 is 21.6 Å². The van der Waals surface area contributed by atoms with E-state index in [-0.39, 0.29) is 41.3 Å². The van der Waals surface area contributed by atoms with Gasteiger partial charge < -0.3 is 10.1 Å². The average molecular weight is 499 g/mol. The molecule has 0 atom stereocenters. The topological polar surface area (TPSA) is 75.7 Å². The molecule has 0 unspecified atom stereocenters. The molecule has 0 spiro atoms. The van der Waals surface area contributed by atoms with Gasteiger partial charge >= 0.3 is 0 Å². The van der Waals surface area contributed by atoms with Crippen LogP contribution in [0.5, 0.6) is 5.75 Å². The lowest BCUT2D eigenvalue weighted by Crippen LogP contribution is -2.31. The zero-order valence-electron chi connectivity index (χ0n) is 21.7. The molecule has 0 aliphatic rings. The van der Waals surface area contributed by atoms with E-state index in [9.17, 15) is 13.2 Å². The molecule has 0 bridgehead atoms. The molecule has 0 aliphatic heterocycles. The van der Waals surface area contributed by atoms with Crippen LogP contribution in [0.2, 0.25) is 0 Å². The lowest BCUT2D eigenvalue weighted by atomic mass is 9.80. The smallest absolute Gasteiger partial charge is 0.262 e. The average Bonchev–Trinajstić information content (AvgIpc) is 2.76. The molecule has 1 amide bonds. The van der Waals surface area contributed by atoms with Gasteiger partial charge in [0.15, 0.2) is 6.61 Å². The van der Waals surface area contributed by atoms with Gasteiger partial charge in [-0.15, -0.1) is 13.2 Å².